The van der Waals surface area contributed by atoms with Crippen LogP contribution >= 0.6 is 0 Å². The molecule has 6 nitrogen and oxygen atoms in total. The Labute approximate surface area is 132 Å². The van der Waals surface area contributed by atoms with Gasteiger partial charge < -0.3 is 14.4 Å². The molecule has 0 N–H and O–H groups in total. The van der Waals surface area contributed by atoms with Crippen molar-refractivity contribution in [3.8, 4) is 6.07 Å². The molecule has 22 heavy (non-hydrogen) atoms. The van der Waals surface area contributed by atoms with E-state index in [4.69, 9.17) is 14.7 Å². The summed E-state index contributed by atoms with van der Waals surface area (Å²) in [6.07, 6.45) is 1.10. The molecule has 1 saturated carbocycles. The molecule has 1 atom stereocenters. The van der Waals surface area contributed by atoms with Crippen LogP contribution in [0.25, 0.3) is 0 Å². The molecule has 124 valence electrons. The second-order valence-electron chi connectivity index (χ2n) is 6.82. The summed E-state index contributed by atoms with van der Waals surface area (Å²) in [4.78, 5) is 26.0. The Morgan fingerprint density at radius 3 is 2.36 bits per heavy atom. The number of nitrogens with zero attached hydrogens (tertiary/aromatic N) is 2. The number of rotatable bonds is 6. The van der Waals surface area contributed by atoms with Crippen molar-refractivity contribution in [2.75, 3.05) is 13.2 Å². The van der Waals surface area contributed by atoms with Gasteiger partial charge in [0.1, 0.15) is 5.60 Å². The van der Waals surface area contributed by atoms with Crippen molar-refractivity contribution in [2.45, 2.75) is 65.5 Å². The number of hydrogen-bond donors (Lipinski definition) is 0. The van der Waals surface area contributed by atoms with Gasteiger partial charge in [-0.25, -0.2) is 4.79 Å². The van der Waals surface area contributed by atoms with Crippen LogP contribution in [0.1, 0.15) is 53.9 Å². The van der Waals surface area contributed by atoms with Crippen LogP contribution in [0.4, 0.5) is 4.79 Å². The van der Waals surface area contributed by atoms with Crippen LogP contribution in [0.3, 0.4) is 0 Å². The highest BCUT2D eigenvalue weighted by Crippen LogP contribution is 2.48. The molecule has 1 amide bonds. The molecule has 6 heteroatoms. The lowest BCUT2D eigenvalue weighted by Gasteiger charge is -2.33. The molecule has 1 aliphatic carbocycles. The minimum Gasteiger partial charge on any atom is -0.466 e. The van der Waals surface area contributed by atoms with Gasteiger partial charge in [-0.2, -0.15) is 5.26 Å². The molecular formula is C16H26N2O4. The average molecular weight is 310 g/mol. The van der Waals surface area contributed by atoms with Gasteiger partial charge in [0.2, 0.25) is 0 Å². The van der Waals surface area contributed by atoms with E-state index in [1.54, 1.807) is 34.6 Å². The van der Waals surface area contributed by atoms with E-state index in [2.05, 4.69) is 6.07 Å². The van der Waals surface area contributed by atoms with Crippen molar-refractivity contribution in [2.24, 2.45) is 5.41 Å². The molecule has 1 aliphatic rings. The van der Waals surface area contributed by atoms with E-state index in [1.165, 1.54) is 4.90 Å². The standard InChI is InChI=1S/C16H26N2O4/c1-6-21-13(19)16(8-9-16)11-18(12(2)7-10-17)14(20)22-15(3,4)5/h12H,6-9,11H2,1-5H3/t12-/m0/s1. The van der Waals surface area contributed by atoms with E-state index in [0.717, 1.165) is 0 Å². The van der Waals surface area contributed by atoms with Gasteiger partial charge in [0.05, 0.1) is 24.5 Å². The van der Waals surface area contributed by atoms with Gasteiger partial charge in [-0.1, -0.05) is 0 Å². The summed E-state index contributed by atoms with van der Waals surface area (Å²) in [5.74, 6) is -0.271. The molecule has 1 rings (SSSR count). The molecular weight excluding hydrogens is 284 g/mol. The van der Waals surface area contributed by atoms with Gasteiger partial charge >= 0.3 is 12.1 Å². The molecule has 0 spiro atoms. The van der Waals surface area contributed by atoms with Crippen LogP contribution in [0.15, 0.2) is 0 Å². The second kappa shape index (κ2) is 6.99. The highest BCUT2D eigenvalue weighted by molar-refractivity contribution is 5.81. The van der Waals surface area contributed by atoms with Gasteiger partial charge in [-0.15, -0.1) is 0 Å². The average Bonchev–Trinajstić information content (AvgIpc) is 3.15. The zero-order valence-corrected chi connectivity index (χ0v) is 14.1. The Hall–Kier alpha value is -1.77. The summed E-state index contributed by atoms with van der Waals surface area (Å²) in [6, 6.07) is 1.75. The Balaban J connectivity index is 2.86. The maximum absolute atomic E-state index is 12.4. The summed E-state index contributed by atoms with van der Waals surface area (Å²) >= 11 is 0. The van der Waals surface area contributed by atoms with Crippen LogP contribution in [-0.2, 0) is 14.3 Å². The van der Waals surface area contributed by atoms with E-state index in [1.807, 2.05) is 0 Å². The van der Waals surface area contributed by atoms with E-state index in [0.29, 0.717) is 19.4 Å². The summed E-state index contributed by atoms with van der Waals surface area (Å²) in [7, 11) is 0. The van der Waals surface area contributed by atoms with Crippen molar-refractivity contribution >= 4 is 12.1 Å². The van der Waals surface area contributed by atoms with Crippen molar-refractivity contribution in [3.05, 3.63) is 0 Å². The number of esters is 1. The number of nitriles is 1. The van der Waals surface area contributed by atoms with E-state index < -0.39 is 17.1 Å². The van der Waals surface area contributed by atoms with Gasteiger partial charge in [0, 0.05) is 12.6 Å². The van der Waals surface area contributed by atoms with Crippen LogP contribution in [0.2, 0.25) is 0 Å². The molecule has 0 radical (unpaired) electrons. The first kappa shape index (κ1) is 18.3. The summed E-state index contributed by atoms with van der Waals surface area (Å²) in [6.45, 7) is 9.47. The zero-order valence-electron chi connectivity index (χ0n) is 14.1. The second-order valence-corrected chi connectivity index (χ2v) is 6.82. The first-order valence-electron chi connectivity index (χ1n) is 7.69. The molecule has 0 bridgehead atoms. The number of carbonyl (C=O) groups excluding carboxylic acids is 2. The molecule has 0 aliphatic heterocycles. The minimum absolute atomic E-state index is 0.193. The molecule has 0 aromatic heterocycles. The third-order valence-electron chi connectivity index (χ3n) is 3.58. The van der Waals surface area contributed by atoms with Crippen LogP contribution in [0.5, 0.6) is 0 Å². The molecule has 1 fully saturated rings. The Morgan fingerprint density at radius 2 is 1.95 bits per heavy atom. The fourth-order valence-electron chi connectivity index (χ4n) is 2.15. The number of hydrogen-bond acceptors (Lipinski definition) is 5. The summed E-state index contributed by atoms with van der Waals surface area (Å²) in [5.41, 5.74) is -1.25. The lowest BCUT2D eigenvalue weighted by molar-refractivity contribution is -0.150. The van der Waals surface area contributed by atoms with E-state index in [9.17, 15) is 9.59 Å². The quantitative estimate of drug-likeness (QED) is 0.705. The minimum atomic E-state index is -0.628. The number of carbonyl (C=O) groups is 2. The van der Waals surface area contributed by atoms with Crippen molar-refractivity contribution < 1.29 is 19.1 Å². The maximum Gasteiger partial charge on any atom is 0.410 e. The molecule has 0 heterocycles. The molecule has 0 saturated heterocycles. The Morgan fingerprint density at radius 1 is 1.36 bits per heavy atom. The third-order valence-corrected chi connectivity index (χ3v) is 3.58. The Bertz CT molecular complexity index is 458. The topological polar surface area (TPSA) is 79.6 Å². The molecule has 0 aromatic rings. The number of ether oxygens (including phenoxy) is 2. The zero-order chi connectivity index (χ0) is 17.0. The van der Waals surface area contributed by atoms with Crippen molar-refractivity contribution in [3.63, 3.8) is 0 Å². The lowest BCUT2D eigenvalue weighted by Crippen LogP contribution is -2.46. The summed E-state index contributed by atoms with van der Waals surface area (Å²) < 4.78 is 10.5. The summed E-state index contributed by atoms with van der Waals surface area (Å²) in [5, 5.41) is 8.89. The van der Waals surface area contributed by atoms with Gasteiger partial charge in [-0.05, 0) is 47.5 Å². The first-order valence-corrected chi connectivity index (χ1v) is 7.69. The lowest BCUT2D eigenvalue weighted by atomic mass is 10.1. The van der Waals surface area contributed by atoms with Crippen LogP contribution in [0, 0.1) is 16.7 Å². The van der Waals surface area contributed by atoms with Crippen molar-refractivity contribution in [1.82, 2.24) is 4.90 Å². The number of amides is 1. The molecule has 0 aromatic carbocycles. The highest BCUT2D eigenvalue weighted by atomic mass is 16.6. The van der Waals surface area contributed by atoms with Gasteiger partial charge in [0.15, 0.2) is 0 Å². The fourth-order valence-corrected chi connectivity index (χ4v) is 2.15. The van der Waals surface area contributed by atoms with E-state index >= 15 is 0 Å². The Kier molecular flexibility index (Phi) is 5.81. The highest BCUT2D eigenvalue weighted by Gasteiger charge is 2.53. The SMILES string of the molecule is CCOC(=O)C1(CN(C(=O)OC(C)(C)C)[C@@H](C)CC#N)CC1. The third kappa shape index (κ3) is 4.90. The smallest absolute Gasteiger partial charge is 0.410 e. The predicted molar refractivity (Wildman–Crippen MR) is 80.9 cm³/mol. The maximum atomic E-state index is 12.4. The van der Waals surface area contributed by atoms with Gasteiger partial charge in [0.25, 0.3) is 0 Å². The van der Waals surface area contributed by atoms with Crippen LogP contribution in [-0.4, -0.2) is 41.8 Å². The predicted octanol–water partition coefficient (Wildman–Crippen LogP) is 2.87. The van der Waals surface area contributed by atoms with Crippen molar-refractivity contribution in [1.29, 1.82) is 5.26 Å². The van der Waals surface area contributed by atoms with Crippen LogP contribution < -0.4 is 0 Å². The normalized spacial score (nSPS) is 17.1. The van der Waals surface area contributed by atoms with E-state index in [-0.39, 0.29) is 25.0 Å². The van der Waals surface area contributed by atoms with Gasteiger partial charge in [-0.3, -0.25) is 4.79 Å². The molecule has 0 unspecified atom stereocenters. The monoisotopic (exact) mass is 310 g/mol. The fraction of sp³-hybridized carbons (Fsp3) is 0.812. The first-order chi connectivity index (χ1) is 10.1. The largest absolute Gasteiger partial charge is 0.466 e.